The molecule has 1 saturated heterocycles. The van der Waals surface area contributed by atoms with Gasteiger partial charge in [0.2, 0.25) is 0 Å². The SMILES string of the molecule is COc1cc(C(=O)N2CC(c3cc4c(c(-c5ccc(F)cc5)n3)OCC4(C)C)C2(F)F)cc2cc(C)nnc12. The molecule has 4 heterocycles. The maximum Gasteiger partial charge on any atom is 0.338 e. The van der Waals surface area contributed by atoms with Gasteiger partial charge in [-0.25, -0.2) is 9.37 Å². The summed E-state index contributed by atoms with van der Waals surface area (Å²) in [5.41, 5.74) is 2.54. The van der Waals surface area contributed by atoms with Gasteiger partial charge in [-0.15, -0.1) is 5.10 Å². The zero-order valence-corrected chi connectivity index (χ0v) is 21.8. The van der Waals surface area contributed by atoms with E-state index in [4.69, 9.17) is 9.47 Å². The van der Waals surface area contributed by atoms with Gasteiger partial charge < -0.3 is 9.47 Å². The molecule has 0 aliphatic carbocycles. The lowest BCUT2D eigenvalue weighted by molar-refractivity contribution is -0.210. The first-order valence-corrected chi connectivity index (χ1v) is 12.5. The predicted molar refractivity (Wildman–Crippen MR) is 138 cm³/mol. The van der Waals surface area contributed by atoms with Gasteiger partial charge in [0, 0.05) is 34.0 Å². The first kappa shape index (κ1) is 25.1. The molecular formula is C29H25F3N4O3. The molecule has 2 aliphatic rings. The minimum atomic E-state index is -3.49. The highest BCUT2D eigenvalue weighted by atomic mass is 19.3. The molecule has 39 heavy (non-hydrogen) atoms. The number of carbonyl (C=O) groups excluding carboxylic acids is 1. The van der Waals surface area contributed by atoms with Gasteiger partial charge in [-0.3, -0.25) is 9.69 Å². The number of fused-ring (bicyclic) bond motifs is 2. The van der Waals surface area contributed by atoms with Crippen molar-refractivity contribution in [1.29, 1.82) is 0 Å². The Morgan fingerprint density at radius 3 is 2.54 bits per heavy atom. The van der Waals surface area contributed by atoms with Crippen LogP contribution in [0.1, 0.15) is 47.1 Å². The van der Waals surface area contributed by atoms with Crippen molar-refractivity contribution in [3.63, 3.8) is 0 Å². The van der Waals surface area contributed by atoms with Crippen LogP contribution < -0.4 is 9.47 Å². The highest BCUT2D eigenvalue weighted by Crippen LogP contribution is 2.50. The number of carbonyl (C=O) groups is 1. The van der Waals surface area contributed by atoms with Crippen LogP contribution in [0.2, 0.25) is 0 Å². The van der Waals surface area contributed by atoms with Gasteiger partial charge in [0.15, 0.2) is 0 Å². The highest BCUT2D eigenvalue weighted by molar-refractivity contribution is 6.00. The molecule has 4 aromatic rings. The number of halogens is 3. The molecule has 2 aliphatic heterocycles. The van der Waals surface area contributed by atoms with Gasteiger partial charge in [0.1, 0.15) is 34.4 Å². The molecule has 200 valence electrons. The summed E-state index contributed by atoms with van der Waals surface area (Å²) in [4.78, 5) is 18.4. The maximum atomic E-state index is 15.7. The number of ether oxygens (including phenoxy) is 2. The van der Waals surface area contributed by atoms with E-state index in [1.54, 1.807) is 31.2 Å². The summed E-state index contributed by atoms with van der Waals surface area (Å²) in [7, 11) is 1.42. The molecule has 2 aromatic carbocycles. The van der Waals surface area contributed by atoms with Crippen LogP contribution in [0.4, 0.5) is 13.2 Å². The van der Waals surface area contributed by atoms with Gasteiger partial charge in [-0.2, -0.15) is 13.9 Å². The minimum Gasteiger partial charge on any atom is -0.494 e. The number of hydrogen-bond acceptors (Lipinski definition) is 6. The third-order valence-electron chi connectivity index (χ3n) is 7.41. The summed E-state index contributed by atoms with van der Waals surface area (Å²) >= 11 is 0. The van der Waals surface area contributed by atoms with Crippen molar-refractivity contribution in [2.24, 2.45) is 0 Å². The molecular weight excluding hydrogens is 509 g/mol. The first-order valence-electron chi connectivity index (χ1n) is 12.5. The van der Waals surface area contributed by atoms with Gasteiger partial charge >= 0.3 is 6.05 Å². The van der Waals surface area contributed by atoms with E-state index < -0.39 is 29.1 Å². The number of alkyl halides is 2. The van der Waals surface area contributed by atoms with Gasteiger partial charge in [0.25, 0.3) is 5.91 Å². The minimum absolute atomic E-state index is 0.0633. The average Bonchev–Trinajstić information content (AvgIpc) is 3.21. The van der Waals surface area contributed by atoms with Crippen LogP contribution in [0.25, 0.3) is 22.2 Å². The summed E-state index contributed by atoms with van der Waals surface area (Å²) in [6, 6.07) is 8.47. The Kier molecular flexibility index (Phi) is 5.57. The van der Waals surface area contributed by atoms with Crippen molar-refractivity contribution in [1.82, 2.24) is 20.1 Å². The Labute approximate surface area is 222 Å². The Morgan fingerprint density at radius 1 is 1.10 bits per heavy atom. The molecule has 1 amide bonds. The van der Waals surface area contributed by atoms with Gasteiger partial charge in [0.05, 0.1) is 25.1 Å². The second-order valence-electron chi connectivity index (χ2n) is 10.6. The van der Waals surface area contributed by atoms with Crippen LogP contribution in [-0.2, 0) is 5.41 Å². The van der Waals surface area contributed by atoms with Crippen LogP contribution in [0.3, 0.4) is 0 Å². The second kappa shape index (κ2) is 8.65. The number of hydrogen-bond donors (Lipinski definition) is 0. The summed E-state index contributed by atoms with van der Waals surface area (Å²) < 4.78 is 56.3. The zero-order valence-electron chi connectivity index (χ0n) is 21.8. The molecule has 0 spiro atoms. The largest absolute Gasteiger partial charge is 0.494 e. The first-order chi connectivity index (χ1) is 18.5. The fourth-order valence-corrected chi connectivity index (χ4v) is 5.16. The van der Waals surface area contributed by atoms with Gasteiger partial charge in [-0.1, -0.05) is 13.8 Å². The van der Waals surface area contributed by atoms with E-state index in [1.165, 1.54) is 31.4 Å². The summed E-state index contributed by atoms with van der Waals surface area (Å²) in [6.07, 6.45) is 0. The molecule has 2 aromatic heterocycles. The molecule has 0 bridgehead atoms. The van der Waals surface area contributed by atoms with Gasteiger partial charge in [-0.05, 0) is 55.5 Å². The van der Waals surface area contributed by atoms with E-state index in [0.717, 1.165) is 5.56 Å². The van der Waals surface area contributed by atoms with E-state index >= 15 is 8.78 Å². The fraction of sp³-hybridized carbons (Fsp3) is 0.310. The van der Waals surface area contributed by atoms with E-state index in [-0.39, 0.29) is 23.6 Å². The van der Waals surface area contributed by atoms with Crippen LogP contribution in [0.5, 0.6) is 11.5 Å². The average molecular weight is 535 g/mol. The third kappa shape index (κ3) is 3.97. The maximum absolute atomic E-state index is 15.7. The Balaban J connectivity index is 1.37. The normalized spacial score (nSPS) is 18.8. The Morgan fingerprint density at radius 2 is 1.85 bits per heavy atom. The number of aryl methyl sites for hydroxylation is 1. The van der Waals surface area contributed by atoms with Crippen molar-refractivity contribution in [2.75, 3.05) is 20.3 Å². The number of nitrogens with zero attached hydrogens (tertiary/aromatic N) is 4. The number of likely N-dealkylation sites (tertiary alicyclic amines) is 1. The quantitative estimate of drug-likeness (QED) is 0.315. The van der Waals surface area contributed by atoms with E-state index in [2.05, 4.69) is 15.2 Å². The van der Waals surface area contributed by atoms with Crippen molar-refractivity contribution in [3.8, 4) is 22.8 Å². The number of rotatable bonds is 4. The molecule has 1 fully saturated rings. The van der Waals surface area contributed by atoms with Crippen LogP contribution in [0.15, 0.2) is 48.5 Å². The van der Waals surface area contributed by atoms with Crippen molar-refractivity contribution >= 4 is 16.8 Å². The molecule has 10 heteroatoms. The molecule has 1 atom stereocenters. The third-order valence-corrected chi connectivity index (χ3v) is 7.41. The number of pyridine rings is 1. The monoisotopic (exact) mass is 534 g/mol. The van der Waals surface area contributed by atoms with Crippen molar-refractivity contribution < 1.29 is 27.4 Å². The summed E-state index contributed by atoms with van der Waals surface area (Å²) in [5, 5.41) is 8.68. The molecule has 0 radical (unpaired) electrons. The van der Waals surface area contributed by atoms with Crippen LogP contribution >= 0.6 is 0 Å². The lowest BCUT2D eigenvalue weighted by Crippen LogP contribution is -2.62. The van der Waals surface area contributed by atoms with Crippen molar-refractivity contribution in [2.45, 2.75) is 38.2 Å². The smallest absolute Gasteiger partial charge is 0.338 e. The summed E-state index contributed by atoms with van der Waals surface area (Å²) in [6.45, 7) is 5.81. The fourth-order valence-electron chi connectivity index (χ4n) is 5.16. The van der Waals surface area contributed by atoms with E-state index in [0.29, 0.717) is 45.1 Å². The summed E-state index contributed by atoms with van der Waals surface area (Å²) in [5.74, 6) is -1.78. The number of aromatic nitrogens is 3. The van der Waals surface area contributed by atoms with E-state index in [1.807, 2.05) is 13.8 Å². The Hall–Kier alpha value is -4.21. The molecule has 1 unspecified atom stereocenters. The predicted octanol–water partition coefficient (Wildman–Crippen LogP) is 5.65. The molecule has 6 rings (SSSR count). The standard InChI is InChI=1S/C29H25F3N4O3/c1-15-9-17-10-18(11-23(38-4)24(17)35-34-15)27(37)36-13-21(29(36,31)32)22-12-20-26(39-14-28(20,2)3)25(33-22)16-5-7-19(30)8-6-16/h5-12,21H,13-14H2,1-4H3. The highest BCUT2D eigenvalue weighted by Gasteiger charge is 2.60. The molecule has 7 nitrogen and oxygen atoms in total. The van der Waals surface area contributed by atoms with Crippen molar-refractivity contribution in [3.05, 3.63) is 76.9 Å². The second-order valence-corrected chi connectivity index (χ2v) is 10.6. The van der Waals surface area contributed by atoms with Crippen LogP contribution in [0, 0.1) is 12.7 Å². The lowest BCUT2D eigenvalue weighted by Gasteiger charge is -2.47. The molecule has 0 N–H and O–H groups in total. The topological polar surface area (TPSA) is 77.4 Å². The van der Waals surface area contributed by atoms with Crippen LogP contribution in [-0.4, -0.2) is 52.3 Å². The number of methoxy groups -OCH3 is 1. The van der Waals surface area contributed by atoms with E-state index in [9.17, 15) is 9.18 Å². The molecule has 0 saturated carbocycles. The number of amides is 1. The lowest BCUT2D eigenvalue weighted by atomic mass is 9.83. The Bertz CT molecular complexity index is 1640. The number of benzene rings is 2. The zero-order chi connectivity index (χ0) is 27.7.